The average Bonchev–Trinajstić information content (AvgIpc) is 3.21. The van der Waals surface area contributed by atoms with E-state index in [0.717, 1.165) is 54.4 Å². The minimum absolute atomic E-state index is 0.190. The van der Waals surface area contributed by atoms with E-state index in [1.54, 1.807) is 0 Å². The van der Waals surface area contributed by atoms with Gasteiger partial charge in [0.1, 0.15) is 12.0 Å². The number of carbonyl (C=O) groups is 1. The Balaban J connectivity index is 1.20. The third-order valence-corrected chi connectivity index (χ3v) is 6.86. The van der Waals surface area contributed by atoms with Crippen LogP contribution < -0.4 is 0 Å². The summed E-state index contributed by atoms with van der Waals surface area (Å²) in [6.45, 7) is 2.26. The summed E-state index contributed by atoms with van der Waals surface area (Å²) in [7, 11) is 1.98. The van der Waals surface area contributed by atoms with E-state index >= 15 is 0 Å². The smallest absolute Gasteiger partial charge is 0.223 e. The lowest BCUT2D eigenvalue weighted by atomic mass is 10.0. The van der Waals surface area contributed by atoms with E-state index in [9.17, 15) is 4.79 Å². The molecule has 1 aromatic carbocycles. The highest BCUT2D eigenvalue weighted by molar-refractivity contribution is 5.84. The lowest BCUT2D eigenvalue weighted by Gasteiger charge is -2.27. The van der Waals surface area contributed by atoms with Crippen LogP contribution in [0.3, 0.4) is 0 Å². The maximum atomic E-state index is 13.1. The summed E-state index contributed by atoms with van der Waals surface area (Å²) in [6, 6.07) is 8.24. The molecule has 1 saturated carbocycles. The molecular formula is C24H27N7O. The van der Waals surface area contributed by atoms with Crippen LogP contribution in [0.2, 0.25) is 0 Å². The zero-order chi connectivity index (χ0) is 21.7. The standard InChI is InChI=1S/C24H27N7O/c1-29-21-10-11-30(22(32)9-8-17-12-25-20-5-3-2-4-18(17)20)14-19(21)23(28-29)24-27-26-15-31(24)13-16-6-7-16/h2-5,12,15-16,25H,6-11,13-14H2,1H3. The van der Waals surface area contributed by atoms with Crippen LogP contribution in [-0.4, -0.2) is 46.9 Å². The van der Waals surface area contributed by atoms with Crippen LogP contribution in [0.25, 0.3) is 22.4 Å². The molecule has 8 heteroatoms. The molecule has 4 heterocycles. The van der Waals surface area contributed by atoms with Gasteiger partial charge in [-0.25, -0.2) is 0 Å². The highest BCUT2D eigenvalue weighted by atomic mass is 16.2. The van der Waals surface area contributed by atoms with Crippen molar-refractivity contribution in [2.75, 3.05) is 6.54 Å². The summed E-state index contributed by atoms with van der Waals surface area (Å²) in [5.74, 6) is 1.74. The minimum Gasteiger partial charge on any atom is -0.361 e. The number of fused-ring (bicyclic) bond motifs is 2. The minimum atomic E-state index is 0.190. The number of hydrogen-bond acceptors (Lipinski definition) is 4. The Kier molecular flexibility index (Phi) is 4.59. The second-order valence-corrected chi connectivity index (χ2v) is 9.07. The number of para-hydroxylation sites is 1. The fourth-order valence-electron chi connectivity index (χ4n) is 4.87. The fraction of sp³-hybridized carbons (Fsp3) is 0.417. The van der Waals surface area contributed by atoms with E-state index in [-0.39, 0.29) is 5.91 Å². The van der Waals surface area contributed by atoms with E-state index in [0.29, 0.717) is 13.0 Å². The van der Waals surface area contributed by atoms with Gasteiger partial charge in [0.05, 0.1) is 0 Å². The zero-order valence-corrected chi connectivity index (χ0v) is 18.3. The van der Waals surface area contributed by atoms with Crippen molar-refractivity contribution in [1.82, 2.24) is 34.4 Å². The molecule has 3 aromatic heterocycles. The number of amides is 1. The number of benzene rings is 1. The van der Waals surface area contributed by atoms with Gasteiger partial charge in [0, 0.05) is 67.9 Å². The molecule has 0 spiro atoms. The number of rotatable bonds is 6. The predicted octanol–water partition coefficient (Wildman–Crippen LogP) is 3.09. The van der Waals surface area contributed by atoms with Gasteiger partial charge in [0.15, 0.2) is 5.82 Å². The van der Waals surface area contributed by atoms with Crippen molar-refractivity contribution in [1.29, 1.82) is 0 Å². The number of carbonyl (C=O) groups excluding carboxylic acids is 1. The van der Waals surface area contributed by atoms with Crippen molar-refractivity contribution in [2.45, 2.75) is 45.2 Å². The maximum Gasteiger partial charge on any atom is 0.223 e. The van der Waals surface area contributed by atoms with Crippen LogP contribution in [0.5, 0.6) is 0 Å². The molecule has 2 aliphatic rings. The molecule has 8 nitrogen and oxygen atoms in total. The molecule has 0 saturated heterocycles. The van der Waals surface area contributed by atoms with Gasteiger partial charge >= 0.3 is 0 Å². The SMILES string of the molecule is Cn1nc(-c2nncn2CC2CC2)c2c1CCN(C(=O)CCc1c[nH]c3ccccc13)C2. The summed E-state index contributed by atoms with van der Waals surface area (Å²) in [5, 5.41) is 14.5. The summed E-state index contributed by atoms with van der Waals surface area (Å²) in [6.07, 6.45) is 8.44. The molecule has 1 fully saturated rings. The molecule has 1 N–H and O–H groups in total. The molecule has 32 heavy (non-hydrogen) atoms. The molecule has 1 amide bonds. The number of hydrogen-bond donors (Lipinski definition) is 1. The fourth-order valence-corrected chi connectivity index (χ4v) is 4.87. The van der Waals surface area contributed by atoms with Gasteiger partial charge in [-0.05, 0) is 36.8 Å². The van der Waals surface area contributed by atoms with Crippen molar-refractivity contribution in [2.24, 2.45) is 13.0 Å². The van der Waals surface area contributed by atoms with Crippen LogP contribution >= 0.6 is 0 Å². The van der Waals surface area contributed by atoms with Gasteiger partial charge in [-0.3, -0.25) is 9.48 Å². The number of aryl methyl sites for hydroxylation is 2. The lowest BCUT2D eigenvalue weighted by molar-refractivity contribution is -0.132. The number of nitrogens with zero attached hydrogens (tertiary/aromatic N) is 6. The Labute approximate surface area is 186 Å². The molecule has 0 radical (unpaired) electrons. The topological polar surface area (TPSA) is 84.6 Å². The first-order valence-corrected chi connectivity index (χ1v) is 11.4. The zero-order valence-electron chi connectivity index (χ0n) is 18.3. The Morgan fingerprint density at radius 3 is 3.00 bits per heavy atom. The van der Waals surface area contributed by atoms with Gasteiger partial charge in [-0.15, -0.1) is 10.2 Å². The van der Waals surface area contributed by atoms with Gasteiger partial charge in [-0.2, -0.15) is 5.10 Å². The molecule has 1 aliphatic carbocycles. The van der Waals surface area contributed by atoms with Crippen LogP contribution in [-0.2, 0) is 37.8 Å². The first-order valence-electron chi connectivity index (χ1n) is 11.4. The largest absolute Gasteiger partial charge is 0.361 e. The van der Waals surface area contributed by atoms with Crippen molar-refractivity contribution in [3.63, 3.8) is 0 Å². The van der Waals surface area contributed by atoms with Crippen LogP contribution in [0.4, 0.5) is 0 Å². The monoisotopic (exact) mass is 429 g/mol. The van der Waals surface area contributed by atoms with Gasteiger partial charge in [0.25, 0.3) is 0 Å². The highest BCUT2D eigenvalue weighted by Gasteiger charge is 2.30. The predicted molar refractivity (Wildman–Crippen MR) is 121 cm³/mol. The third kappa shape index (κ3) is 3.39. The maximum absolute atomic E-state index is 13.1. The van der Waals surface area contributed by atoms with Crippen molar-refractivity contribution < 1.29 is 4.79 Å². The van der Waals surface area contributed by atoms with E-state index in [1.165, 1.54) is 29.5 Å². The van der Waals surface area contributed by atoms with Gasteiger partial charge < -0.3 is 14.5 Å². The second kappa shape index (κ2) is 7.62. The molecule has 4 aromatic rings. The van der Waals surface area contributed by atoms with Gasteiger partial charge in [-0.1, -0.05) is 18.2 Å². The third-order valence-electron chi connectivity index (χ3n) is 6.86. The summed E-state index contributed by atoms with van der Waals surface area (Å²) in [4.78, 5) is 18.4. The molecule has 0 atom stereocenters. The normalized spacial score (nSPS) is 16.0. The average molecular weight is 430 g/mol. The Bertz CT molecular complexity index is 1290. The molecule has 164 valence electrons. The second-order valence-electron chi connectivity index (χ2n) is 9.07. The van der Waals surface area contributed by atoms with E-state index in [1.807, 2.05) is 41.3 Å². The van der Waals surface area contributed by atoms with Crippen molar-refractivity contribution in [3.05, 3.63) is 53.6 Å². The summed E-state index contributed by atoms with van der Waals surface area (Å²) >= 11 is 0. The Morgan fingerprint density at radius 1 is 1.25 bits per heavy atom. The Hall–Kier alpha value is -3.42. The van der Waals surface area contributed by atoms with Crippen molar-refractivity contribution in [3.8, 4) is 11.5 Å². The number of aromatic amines is 1. The summed E-state index contributed by atoms with van der Waals surface area (Å²) < 4.78 is 4.08. The molecule has 6 rings (SSSR count). The Morgan fingerprint density at radius 2 is 2.12 bits per heavy atom. The van der Waals surface area contributed by atoms with E-state index < -0.39 is 0 Å². The summed E-state index contributed by atoms with van der Waals surface area (Å²) in [5.41, 5.74) is 5.50. The number of nitrogens with one attached hydrogen (secondary N) is 1. The van der Waals surface area contributed by atoms with Crippen LogP contribution in [0, 0.1) is 5.92 Å². The molecule has 0 bridgehead atoms. The molecule has 1 aliphatic heterocycles. The van der Waals surface area contributed by atoms with Gasteiger partial charge in [0.2, 0.25) is 5.91 Å². The molecule has 0 unspecified atom stereocenters. The first kappa shape index (κ1) is 19.3. The number of aromatic nitrogens is 6. The quantitative estimate of drug-likeness (QED) is 0.510. The lowest BCUT2D eigenvalue weighted by Crippen LogP contribution is -2.36. The van der Waals surface area contributed by atoms with E-state index in [4.69, 9.17) is 5.10 Å². The highest BCUT2D eigenvalue weighted by Crippen LogP contribution is 2.33. The number of H-pyrrole nitrogens is 1. The van der Waals surface area contributed by atoms with Crippen LogP contribution in [0.1, 0.15) is 36.1 Å². The van der Waals surface area contributed by atoms with E-state index in [2.05, 4.69) is 31.9 Å². The first-order chi connectivity index (χ1) is 15.7. The van der Waals surface area contributed by atoms with Crippen molar-refractivity contribution >= 4 is 16.8 Å². The van der Waals surface area contributed by atoms with Crippen LogP contribution in [0.15, 0.2) is 36.8 Å². The molecular weight excluding hydrogens is 402 g/mol.